The summed E-state index contributed by atoms with van der Waals surface area (Å²) in [6, 6.07) is 5.95. The second kappa shape index (κ2) is 5.99. The predicted molar refractivity (Wildman–Crippen MR) is 84.1 cm³/mol. The minimum absolute atomic E-state index is 0.144. The minimum atomic E-state index is -0.347. The van der Waals surface area contributed by atoms with E-state index in [-0.39, 0.29) is 24.9 Å². The molecule has 0 bridgehead atoms. The first-order valence-electron chi connectivity index (χ1n) is 7.47. The molecule has 0 spiro atoms. The Balaban J connectivity index is 2.11. The summed E-state index contributed by atoms with van der Waals surface area (Å²) < 4.78 is 17.7. The molecule has 0 aliphatic carbocycles. The number of benzene rings is 1. The molecule has 4 nitrogen and oxygen atoms in total. The molecule has 0 aromatic heterocycles. The number of aliphatic hydroxyl groups is 1. The summed E-state index contributed by atoms with van der Waals surface area (Å²) in [5.41, 5.74) is 1.38. The number of ether oxygens (including phenoxy) is 1. The lowest BCUT2D eigenvalue weighted by Gasteiger charge is -2.32. The largest absolute Gasteiger partial charge is 0.494 e. The lowest BCUT2D eigenvalue weighted by Crippen LogP contribution is -2.41. The lowest BCUT2D eigenvalue weighted by atomic mass is 9.78. The standard InChI is InChI=1S/C16H25BO4/c1-12-11-13(7-8-14(12)19-10-6-9-18)17-20-15(2,3)16(4,5)21-17/h7-8,11,18H,6,9-10H2,1-5H3. The predicted octanol–water partition coefficient (Wildman–Crippen LogP) is 2.06. The first kappa shape index (κ1) is 16.3. The maximum Gasteiger partial charge on any atom is 0.494 e. The van der Waals surface area contributed by atoms with Gasteiger partial charge in [0.2, 0.25) is 0 Å². The molecular weight excluding hydrogens is 267 g/mol. The Bertz CT molecular complexity index is 483. The van der Waals surface area contributed by atoms with Crippen LogP contribution in [0, 0.1) is 6.92 Å². The van der Waals surface area contributed by atoms with Crippen molar-refractivity contribution in [1.82, 2.24) is 0 Å². The van der Waals surface area contributed by atoms with Crippen molar-refractivity contribution in [1.29, 1.82) is 0 Å². The van der Waals surface area contributed by atoms with Gasteiger partial charge in [-0.1, -0.05) is 12.1 Å². The Labute approximate surface area is 127 Å². The second-order valence-electron chi connectivity index (χ2n) is 6.54. The topological polar surface area (TPSA) is 47.9 Å². The van der Waals surface area contributed by atoms with E-state index in [9.17, 15) is 0 Å². The highest BCUT2D eigenvalue weighted by Crippen LogP contribution is 2.36. The fourth-order valence-corrected chi connectivity index (χ4v) is 2.21. The van der Waals surface area contributed by atoms with Crippen LogP contribution < -0.4 is 10.2 Å². The third kappa shape index (κ3) is 3.42. The average molecular weight is 292 g/mol. The molecule has 1 aliphatic rings. The van der Waals surface area contributed by atoms with E-state index in [1.165, 1.54) is 0 Å². The molecule has 1 aromatic carbocycles. The summed E-state index contributed by atoms with van der Waals surface area (Å²) in [4.78, 5) is 0. The van der Waals surface area contributed by atoms with Crippen molar-refractivity contribution < 1.29 is 19.2 Å². The van der Waals surface area contributed by atoms with Crippen LogP contribution in [0.2, 0.25) is 0 Å². The van der Waals surface area contributed by atoms with E-state index in [2.05, 4.69) is 0 Å². The van der Waals surface area contributed by atoms with Gasteiger partial charge in [-0.25, -0.2) is 0 Å². The fraction of sp³-hybridized carbons (Fsp3) is 0.625. The SMILES string of the molecule is Cc1cc(B2OC(C)(C)C(C)(C)O2)ccc1OCCCO. The number of rotatable bonds is 5. The normalized spacial score (nSPS) is 19.8. The van der Waals surface area contributed by atoms with Gasteiger partial charge in [0.1, 0.15) is 5.75 Å². The van der Waals surface area contributed by atoms with Gasteiger partial charge in [0.25, 0.3) is 0 Å². The van der Waals surface area contributed by atoms with Crippen LogP contribution in [-0.2, 0) is 9.31 Å². The molecular formula is C16H25BO4. The third-order valence-corrected chi connectivity index (χ3v) is 4.28. The molecule has 1 N–H and O–H groups in total. The van der Waals surface area contributed by atoms with E-state index in [4.69, 9.17) is 19.2 Å². The van der Waals surface area contributed by atoms with Gasteiger partial charge in [-0.2, -0.15) is 0 Å². The smallest absolute Gasteiger partial charge is 0.493 e. The summed E-state index contributed by atoms with van der Waals surface area (Å²) in [6.45, 7) is 10.9. The molecule has 1 saturated heterocycles. The second-order valence-corrected chi connectivity index (χ2v) is 6.54. The van der Waals surface area contributed by atoms with Gasteiger partial charge < -0.3 is 19.2 Å². The van der Waals surface area contributed by atoms with Gasteiger partial charge in [0, 0.05) is 13.0 Å². The summed E-state index contributed by atoms with van der Waals surface area (Å²) in [7, 11) is -0.347. The summed E-state index contributed by atoms with van der Waals surface area (Å²) in [5, 5.41) is 8.79. The Hall–Kier alpha value is -1.04. The van der Waals surface area contributed by atoms with E-state index in [1.807, 2.05) is 52.8 Å². The first-order chi connectivity index (χ1) is 9.77. The van der Waals surface area contributed by atoms with Crippen LogP contribution in [0.4, 0.5) is 0 Å². The van der Waals surface area contributed by atoms with E-state index < -0.39 is 0 Å². The molecule has 1 heterocycles. The molecule has 0 amide bonds. The summed E-state index contributed by atoms with van der Waals surface area (Å²) >= 11 is 0. The molecule has 0 unspecified atom stereocenters. The van der Waals surface area contributed by atoms with Gasteiger partial charge in [-0.05, 0) is 51.7 Å². The number of hydrogen-bond acceptors (Lipinski definition) is 4. The van der Waals surface area contributed by atoms with Crippen LogP contribution in [0.25, 0.3) is 0 Å². The van der Waals surface area contributed by atoms with Crippen molar-refractivity contribution in [3.63, 3.8) is 0 Å². The zero-order valence-electron chi connectivity index (χ0n) is 13.6. The quantitative estimate of drug-likeness (QED) is 0.666. The highest BCUT2D eigenvalue weighted by Gasteiger charge is 2.51. The van der Waals surface area contributed by atoms with Crippen molar-refractivity contribution in [3.8, 4) is 5.75 Å². The average Bonchev–Trinajstić information content (AvgIpc) is 2.60. The Kier molecular flexibility index (Phi) is 4.66. The van der Waals surface area contributed by atoms with Gasteiger partial charge in [0.05, 0.1) is 17.8 Å². The highest BCUT2D eigenvalue weighted by atomic mass is 16.7. The van der Waals surface area contributed by atoms with Crippen molar-refractivity contribution >= 4 is 12.6 Å². The molecule has 1 fully saturated rings. The summed E-state index contributed by atoms with van der Waals surface area (Å²) in [6.07, 6.45) is 0.637. The monoisotopic (exact) mass is 292 g/mol. The molecule has 0 radical (unpaired) electrons. The van der Waals surface area contributed by atoms with E-state index in [0.717, 1.165) is 16.8 Å². The van der Waals surface area contributed by atoms with Crippen molar-refractivity contribution in [2.24, 2.45) is 0 Å². The van der Waals surface area contributed by atoms with Crippen LogP contribution in [-0.4, -0.2) is 36.6 Å². The zero-order chi connectivity index (χ0) is 15.7. The van der Waals surface area contributed by atoms with Gasteiger partial charge in [-0.3, -0.25) is 0 Å². The maximum atomic E-state index is 8.79. The maximum absolute atomic E-state index is 8.79. The van der Waals surface area contributed by atoms with Crippen molar-refractivity contribution in [3.05, 3.63) is 23.8 Å². The number of aliphatic hydroxyl groups excluding tert-OH is 1. The Morgan fingerprint density at radius 1 is 1.14 bits per heavy atom. The van der Waals surface area contributed by atoms with Crippen LogP contribution in [0.1, 0.15) is 39.7 Å². The van der Waals surface area contributed by atoms with Crippen LogP contribution in [0.3, 0.4) is 0 Å². The van der Waals surface area contributed by atoms with Crippen molar-refractivity contribution in [2.45, 2.75) is 52.2 Å². The fourth-order valence-electron chi connectivity index (χ4n) is 2.21. The molecule has 0 saturated carbocycles. The lowest BCUT2D eigenvalue weighted by molar-refractivity contribution is 0.00578. The molecule has 1 aromatic rings. The minimum Gasteiger partial charge on any atom is -0.493 e. The molecule has 1 aliphatic heterocycles. The van der Waals surface area contributed by atoms with Gasteiger partial charge in [0.15, 0.2) is 0 Å². The molecule has 21 heavy (non-hydrogen) atoms. The Morgan fingerprint density at radius 2 is 1.76 bits per heavy atom. The van der Waals surface area contributed by atoms with E-state index in [1.54, 1.807) is 0 Å². The number of aryl methyl sites for hydroxylation is 1. The van der Waals surface area contributed by atoms with Crippen LogP contribution >= 0.6 is 0 Å². The zero-order valence-corrected chi connectivity index (χ0v) is 13.6. The van der Waals surface area contributed by atoms with Gasteiger partial charge >= 0.3 is 7.12 Å². The van der Waals surface area contributed by atoms with E-state index in [0.29, 0.717) is 13.0 Å². The first-order valence-corrected chi connectivity index (χ1v) is 7.47. The van der Waals surface area contributed by atoms with Crippen LogP contribution in [0.5, 0.6) is 5.75 Å². The molecule has 2 rings (SSSR count). The highest BCUT2D eigenvalue weighted by molar-refractivity contribution is 6.62. The molecule has 5 heteroatoms. The number of hydrogen-bond donors (Lipinski definition) is 1. The van der Waals surface area contributed by atoms with E-state index >= 15 is 0 Å². The van der Waals surface area contributed by atoms with Crippen molar-refractivity contribution in [2.75, 3.05) is 13.2 Å². The third-order valence-electron chi connectivity index (χ3n) is 4.28. The Morgan fingerprint density at radius 3 is 2.29 bits per heavy atom. The summed E-state index contributed by atoms with van der Waals surface area (Å²) in [5.74, 6) is 0.837. The van der Waals surface area contributed by atoms with Crippen LogP contribution in [0.15, 0.2) is 18.2 Å². The van der Waals surface area contributed by atoms with Gasteiger partial charge in [-0.15, -0.1) is 0 Å². The molecule has 0 atom stereocenters. The molecule has 116 valence electrons.